The molecule has 1 aliphatic heterocycles. The average molecular weight is 723 g/mol. The number of esters is 1. The number of methoxy groups -OCH3 is 1. The Bertz CT molecular complexity index is 2060. The van der Waals surface area contributed by atoms with Crippen molar-refractivity contribution in [1.29, 1.82) is 5.26 Å². The summed E-state index contributed by atoms with van der Waals surface area (Å²) in [6.45, 7) is 6.13. The van der Waals surface area contributed by atoms with Gasteiger partial charge in [-0.2, -0.15) is 5.26 Å². The topological polar surface area (TPSA) is 112 Å². The highest BCUT2D eigenvalue weighted by Crippen LogP contribution is 2.41. The van der Waals surface area contributed by atoms with E-state index in [0.717, 1.165) is 5.56 Å². The number of hydrogen-bond acceptors (Lipinski definition) is 9. The van der Waals surface area contributed by atoms with Gasteiger partial charge in [0.15, 0.2) is 16.3 Å². The number of thiazole rings is 1. The molecule has 1 atom stereocenters. The van der Waals surface area contributed by atoms with Gasteiger partial charge in [0, 0.05) is 15.1 Å². The van der Waals surface area contributed by atoms with Gasteiger partial charge in [-0.1, -0.05) is 51.0 Å². The first-order valence-electron chi connectivity index (χ1n) is 14.3. The largest absolute Gasteiger partial charge is 0.493 e. The van der Waals surface area contributed by atoms with E-state index in [9.17, 15) is 9.59 Å². The maximum Gasteiger partial charge on any atom is 0.338 e. The smallest absolute Gasteiger partial charge is 0.338 e. The lowest BCUT2D eigenvalue weighted by Crippen LogP contribution is -2.40. The Labute approximate surface area is 282 Å². The summed E-state index contributed by atoms with van der Waals surface area (Å²) in [6, 6.07) is 17.0. The van der Waals surface area contributed by atoms with E-state index >= 15 is 0 Å². The predicted molar refractivity (Wildman–Crippen MR) is 179 cm³/mol. The summed E-state index contributed by atoms with van der Waals surface area (Å²) in [5, 5.41) is 9.55. The number of rotatable bonds is 10. The first-order valence-corrected chi connectivity index (χ1v) is 16.3. The van der Waals surface area contributed by atoms with E-state index in [1.807, 2.05) is 19.1 Å². The van der Waals surface area contributed by atoms with E-state index in [0.29, 0.717) is 65.1 Å². The van der Waals surface area contributed by atoms with Crippen LogP contribution in [0.15, 0.2) is 80.1 Å². The molecule has 0 fully saturated rings. The molecule has 9 nitrogen and oxygen atoms in total. The minimum absolute atomic E-state index is 0.153. The summed E-state index contributed by atoms with van der Waals surface area (Å²) in [4.78, 5) is 32.7. The Hall–Kier alpha value is -4.37. The Morgan fingerprint density at radius 3 is 2.52 bits per heavy atom. The second-order valence-corrected chi connectivity index (χ2v) is 12.3. The van der Waals surface area contributed by atoms with Crippen LogP contribution in [0.3, 0.4) is 0 Å². The highest BCUT2D eigenvalue weighted by molar-refractivity contribution is 9.10. The molecule has 0 amide bonds. The Balaban J connectivity index is 1.65. The minimum atomic E-state index is -0.872. The van der Waals surface area contributed by atoms with Crippen LogP contribution in [0.5, 0.6) is 17.2 Å². The molecule has 2 heterocycles. The molecule has 0 saturated heterocycles. The van der Waals surface area contributed by atoms with Crippen LogP contribution in [0.25, 0.3) is 6.08 Å². The molecule has 0 bridgehead atoms. The van der Waals surface area contributed by atoms with Gasteiger partial charge in [-0.15, -0.1) is 0 Å². The maximum atomic E-state index is 14.2. The number of halogens is 2. The monoisotopic (exact) mass is 721 g/mol. The minimum Gasteiger partial charge on any atom is -0.493 e. The summed E-state index contributed by atoms with van der Waals surface area (Å²) >= 11 is 11.2. The van der Waals surface area contributed by atoms with Gasteiger partial charge in [0.05, 0.1) is 53.8 Å². The van der Waals surface area contributed by atoms with Gasteiger partial charge in [-0.25, -0.2) is 9.79 Å². The summed E-state index contributed by atoms with van der Waals surface area (Å²) in [5.41, 5.74) is 2.93. The molecule has 1 aromatic heterocycles. The van der Waals surface area contributed by atoms with Gasteiger partial charge in [0.2, 0.25) is 0 Å². The lowest BCUT2D eigenvalue weighted by Gasteiger charge is -2.26. The SMILES string of the molecule is CCOC(=O)C1=C(C)N=c2s/c(=C/c3cc(Cl)ccc3OCc3ccc(C#N)cc3)c(=O)n2[C@@H]1c1cc(OC)c(OCC)cc1Br. The van der Waals surface area contributed by atoms with Gasteiger partial charge in [0.25, 0.3) is 5.56 Å². The molecule has 0 unspecified atom stereocenters. The van der Waals surface area contributed by atoms with E-state index in [1.54, 1.807) is 62.4 Å². The second kappa shape index (κ2) is 14.4. The molecule has 12 heteroatoms. The van der Waals surface area contributed by atoms with Crippen LogP contribution < -0.4 is 29.1 Å². The number of benzene rings is 3. The first-order chi connectivity index (χ1) is 22.2. The van der Waals surface area contributed by atoms with Crippen LogP contribution in [-0.2, 0) is 16.1 Å². The second-order valence-electron chi connectivity index (χ2n) is 10.0. The van der Waals surface area contributed by atoms with Crippen LogP contribution in [-0.4, -0.2) is 30.9 Å². The van der Waals surface area contributed by atoms with E-state index in [2.05, 4.69) is 27.0 Å². The van der Waals surface area contributed by atoms with Crippen molar-refractivity contribution in [3.05, 3.63) is 117 Å². The molecule has 46 heavy (non-hydrogen) atoms. The van der Waals surface area contributed by atoms with Gasteiger partial charge in [0.1, 0.15) is 12.4 Å². The number of carbonyl (C=O) groups is 1. The summed E-state index contributed by atoms with van der Waals surface area (Å²) in [6.07, 6.45) is 1.71. The number of allylic oxidation sites excluding steroid dienone is 1. The predicted octanol–water partition coefficient (Wildman–Crippen LogP) is 6.07. The Kier molecular flexibility index (Phi) is 10.3. The van der Waals surface area contributed by atoms with Gasteiger partial charge < -0.3 is 18.9 Å². The summed E-state index contributed by atoms with van der Waals surface area (Å²) in [5.74, 6) is 0.901. The number of fused-ring (bicyclic) bond motifs is 1. The Morgan fingerprint density at radius 1 is 1.09 bits per heavy atom. The van der Waals surface area contributed by atoms with Crippen molar-refractivity contribution in [2.75, 3.05) is 20.3 Å². The number of nitrogens with zero attached hydrogens (tertiary/aromatic N) is 3. The molecule has 236 valence electrons. The van der Waals surface area contributed by atoms with Crippen LogP contribution in [0.1, 0.15) is 49.1 Å². The Morgan fingerprint density at radius 2 is 1.85 bits per heavy atom. The van der Waals surface area contributed by atoms with Crippen molar-refractivity contribution < 1.29 is 23.7 Å². The quantitative estimate of drug-likeness (QED) is 0.183. The van der Waals surface area contributed by atoms with E-state index in [1.165, 1.54) is 23.0 Å². The maximum absolute atomic E-state index is 14.2. The molecular weight excluding hydrogens is 694 g/mol. The fourth-order valence-corrected chi connectivity index (χ4v) is 6.77. The number of carbonyl (C=O) groups excluding carboxylic acids is 1. The van der Waals surface area contributed by atoms with E-state index < -0.39 is 12.0 Å². The molecule has 0 spiro atoms. The molecule has 3 aromatic carbocycles. The lowest BCUT2D eigenvalue weighted by atomic mass is 9.95. The van der Waals surface area contributed by atoms with Crippen molar-refractivity contribution in [1.82, 2.24) is 4.57 Å². The zero-order chi connectivity index (χ0) is 33.0. The van der Waals surface area contributed by atoms with Crippen molar-refractivity contribution in [2.45, 2.75) is 33.4 Å². The van der Waals surface area contributed by atoms with Crippen LogP contribution in [0.2, 0.25) is 5.02 Å². The van der Waals surface area contributed by atoms with Crippen LogP contribution in [0.4, 0.5) is 0 Å². The van der Waals surface area contributed by atoms with Crippen molar-refractivity contribution >= 4 is 50.9 Å². The van der Waals surface area contributed by atoms with Crippen molar-refractivity contribution in [3.63, 3.8) is 0 Å². The standard InChI is InChI=1S/C34H29BrClN3O6S/c1-5-43-28-16-25(35)24(15-27(28)42-4)31-30(33(41)44-6-2)19(3)38-34-39(31)32(40)29(46-34)14-22-13-23(36)11-12-26(22)45-18-21-9-7-20(17-37)8-10-21/h7-16,31H,5-6,18H2,1-4H3/b29-14+/t31-/m1/s1. The zero-order valence-corrected chi connectivity index (χ0v) is 28.6. The third kappa shape index (κ3) is 6.75. The number of ether oxygens (including phenoxy) is 4. The normalized spacial score (nSPS) is 14.3. The first kappa shape index (κ1) is 33.0. The van der Waals surface area contributed by atoms with Crippen molar-refractivity contribution in [2.24, 2.45) is 4.99 Å². The highest BCUT2D eigenvalue weighted by atomic mass is 79.9. The van der Waals surface area contributed by atoms with Gasteiger partial charge >= 0.3 is 5.97 Å². The molecule has 0 saturated carbocycles. The molecule has 1 aliphatic rings. The highest BCUT2D eigenvalue weighted by Gasteiger charge is 2.35. The van der Waals surface area contributed by atoms with E-state index in [4.69, 9.17) is 35.8 Å². The average Bonchev–Trinajstić information content (AvgIpc) is 3.34. The fraction of sp³-hybridized carbons (Fsp3) is 0.235. The van der Waals surface area contributed by atoms with Crippen LogP contribution >= 0.6 is 38.9 Å². The number of aromatic nitrogens is 1. The number of nitriles is 1. The molecule has 0 aliphatic carbocycles. The third-order valence-corrected chi connectivity index (χ3v) is 9.04. The van der Waals surface area contributed by atoms with E-state index in [-0.39, 0.29) is 24.3 Å². The molecule has 0 radical (unpaired) electrons. The molecule has 5 rings (SSSR count). The van der Waals surface area contributed by atoms with Gasteiger partial charge in [-0.05, 0) is 80.4 Å². The fourth-order valence-electron chi connectivity index (χ4n) is 5.02. The molecular formula is C34H29BrClN3O6S. The zero-order valence-electron chi connectivity index (χ0n) is 25.4. The van der Waals surface area contributed by atoms with Crippen LogP contribution in [0, 0.1) is 11.3 Å². The van der Waals surface area contributed by atoms with Crippen molar-refractivity contribution in [3.8, 4) is 23.3 Å². The number of hydrogen-bond donors (Lipinski definition) is 0. The molecule has 0 N–H and O–H groups in total. The summed E-state index contributed by atoms with van der Waals surface area (Å²) < 4.78 is 25.4. The third-order valence-electron chi connectivity index (χ3n) is 7.13. The van der Waals surface area contributed by atoms with Gasteiger partial charge in [-0.3, -0.25) is 9.36 Å². The summed E-state index contributed by atoms with van der Waals surface area (Å²) in [7, 11) is 1.53. The molecule has 4 aromatic rings. The lowest BCUT2D eigenvalue weighted by molar-refractivity contribution is -0.139.